The zero-order chi connectivity index (χ0) is 6.10. The molecule has 0 aromatic heterocycles. The SMILES string of the molecule is C1=C2SCN=C2CCC1. The predicted molar refractivity (Wildman–Crippen MR) is 41.8 cm³/mol. The molecule has 1 nitrogen and oxygen atoms in total. The Bertz CT molecular complexity index is 181. The fourth-order valence-electron chi connectivity index (χ4n) is 1.22. The van der Waals surface area contributed by atoms with E-state index in [4.69, 9.17) is 0 Å². The van der Waals surface area contributed by atoms with Crippen molar-refractivity contribution in [1.82, 2.24) is 0 Å². The molecule has 0 amide bonds. The molecule has 0 aromatic rings. The second-order valence-corrected chi connectivity index (χ2v) is 3.33. The highest BCUT2D eigenvalue weighted by Gasteiger charge is 2.15. The Morgan fingerprint density at radius 3 is 3.44 bits per heavy atom. The van der Waals surface area contributed by atoms with Gasteiger partial charge >= 0.3 is 0 Å². The molecule has 0 fully saturated rings. The van der Waals surface area contributed by atoms with Gasteiger partial charge in [-0.05, 0) is 19.3 Å². The molecule has 2 heteroatoms. The van der Waals surface area contributed by atoms with Crippen LogP contribution in [0, 0.1) is 0 Å². The van der Waals surface area contributed by atoms with Crippen molar-refractivity contribution in [1.29, 1.82) is 0 Å². The van der Waals surface area contributed by atoms with E-state index in [2.05, 4.69) is 11.1 Å². The molecule has 2 aliphatic rings. The molecular weight excluding hydrogens is 130 g/mol. The van der Waals surface area contributed by atoms with Crippen LogP contribution in [0.5, 0.6) is 0 Å². The molecule has 48 valence electrons. The highest BCUT2D eigenvalue weighted by molar-refractivity contribution is 8.04. The lowest BCUT2D eigenvalue weighted by atomic mass is 10.1. The Hall–Kier alpha value is -0.240. The van der Waals surface area contributed by atoms with Crippen molar-refractivity contribution in [3.63, 3.8) is 0 Å². The Kier molecular flexibility index (Phi) is 1.34. The van der Waals surface area contributed by atoms with Gasteiger partial charge in [-0.2, -0.15) is 0 Å². The summed E-state index contributed by atoms with van der Waals surface area (Å²) in [5, 5.41) is 0. The lowest BCUT2D eigenvalue weighted by Crippen LogP contribution is -2.00. The topological polar surface area (TPSA) is 12.4 Å². The Balaban J connectivity index is 2.30. The Morgan fingerprint density at radius 2 is 2.56 bits per heavy atom. The van der Waals surface area contributed by atoms with Gasteiger partial charge < -0.3 is 0 Å². The summed E-state index contributed by atoms with van der Waals surface area (Å²) in [5.41, 5.74) is 1.37. The molecule has 0 bridgehead atoms. The maximum atomic E-state index is 4.37. The van der Waals surface area contributed by atoms with Gasteiger partial charge in [0.15, 0.2) is 0 Å². The smallest absolute Gasteiger partial charge is 0.0894 e. The third-order valence-corrected chi connectivity index (χ3v) is 2.68. The normalized spacial score (nSPS) is 24.9. The van der Waals surface area contributed by atoms with Gasteiger partial charge in [0.1, 0.15) is 0 Å². The van der Waals surface area contributed by atoms with Crippen molar-refractivity contribution in [2.45, 2.75) is 19.3 Å². The Labute approximate surface area is 59.2 Å². The van der Waals surface area contributed by atoms with E-state index >= 15 is 0 Å². The minimum absolute atomic E-state index is 0.973. The van der Waals surface area contributed by atoms with Gasteiger partial charge in [0, 0.05) is 10.6 Å². The third kappa shape index (κ3) is 0.917. The summed E-state index contributed by atoms with van der Waals surface area (Å²) >= 11 is 1.88. The van der Waals surface area contributed by atoms with Crippen LogP contribution in [0.1, 0.15) is 19.3 Å². The molecular formula is C7H9NS. The van der Waals surface area contributed by atoms with Gasteiger partial charge in [0.05, 0.1) is 5.88 Å². The van der Waals surface area contributed by atoms with Crippen molar-refractivity contribution < 1.29 is 0 Å². The van der Waals surface area contributed by atoms with Crippen LogP contribution in [0.3, 0.4) is 0 Å². The zero-order valence-corrected chi connectivity index (χ0v) is 6.08. The van der Waals surface area contributed by atoms with Crippen molar-refractivity contribution >= 4 is 17.5 Å². The summed E-state index contributed by atoms with van der Waals surface area (Å²) < 4.78 is 0. The van der Waals surface area contributed by atoms with E-state index in [1.165, 1.54) is 29.9 Å². The number of fused-ring (bicyclic) bond motifs is 1. The van der Waals surface area contributed by atoms with Crippen LogP contribution in [0.25, 0.3) is 0 Å². The molecule has 0 radical (unpaired) electrons. The maximum Gasteiger partial charge on any atom is 0.0894 e. The van der Waals surface area contributed by atoms with Crippen molar-refractivity contribution in [2.24, 2.45) is 4.99 Å². The first-order chi connectivity index (χ1) is 4.47. The molecule has 0 unspecified atom stereocenters. The van der Waals surface area contributed by atoms with Gasteiger partial charge in [-0.1, -0.05) is 6.08 Å². The lowest BCUT2D eigenvalue weighted by Gasteiger charge is -2.06. The number of hydrogen-bond donors (Lipinski definition) is 0. The molecule has 0 spiro atoms. The number of allylic oxidation sites excluding steroid dienone is 2. The summed E-state index contributed by atoms with van der Waals surface area (Å²) in [5.74, 6) is 0.973. The summed E-state index contributed by atoms with van der Waals surface area (Å²) in [6.45, 7) is 0. The van der Waals surface area contributed by atoms with E-state index in [1.807, 2.05) is 11.8 Å². The minimum Gasteiger partial charge on any atom is -0.277 e. The van der Waals surface area contributed by atoms with E-state index in [-0.39, 0.29) is 0 Å². The minimum atomic E-state index is 0.973. The fraction of sp³-hybridized carbons (Fsp3) is 0.571. The number of hydrogen-bond acceptors (Lipinski definition) is 2. The van der Waals surface area contributed by atoms with Gasteiger partial charge in [0.2, 0.25) is 0 Å². The third-order valence-electron chi connectivity index (χ3n) is 1.71. The number of aliphatic imine (C=N–C) groups is 1. The first-order valence-corrected chi connectivity index (χ1v) is 4.32. The summed E-state index contributed by atoms with van der Waals surface area (Å²) in [4.78, 5) is 5.83. The highest BCUT2D eigenvalue weighted by Crippen LogP contribution is 2.30. The average Bonchev–Trinajstić information content (AvgIpc) is 2.33. The summed E-state index contributed by atoms with van der Waals surface area (Å²) in [7, 11) is 0. The van der Waals surface area contributed by atoms with Gasteiger partial charge in [-0.3, -0.25) is 4.99 Å². The second-order valence-electron chi connectivity index (χ2n) is 2.34. The van der Waals surface area contributed by atoms with Crippen LogP contribution >= 0.6 is 11.8 Å². The van der Waals surface area contributed by atoms with E-state index in [0.717, 1.165) is 5.88 Å². The first kappa shape index (κ1) is 5.54. The second kappa shape index (κ2) is 2.18. The van der Waals surface area contributed by atoms with E-state index in [9.17, 15) is 0 Å². The van der Waals surface area contributed by atoms with Crippen molar-refractivity contribution in [3.05, 3.63) is 11.0 Å². The number of nitrogens with zero attached hydrogens (tertiary/aromatic N) is 1. The standard InChI is InChI=1S/C7H9NS/c1-2-4-7-6(3-1)8-5-9-7/h4H,1-3,5H2. The molecule has 0 N–H and O–H groups in total. The molecule has 0 atom stereocenters. The molecule has 9 heavy (non-hydrogen) atoms. The lowest BCUT2D eigenvalue weighted by molar-refractivity contribution is 0.877. The average molecular weight is 139 g/mol. The largest absolute Gasteiger partial charge is 0.277 e. The summed E-state index contributed by atoms with van der Waals surface area (Å²) in [6, 6.07) is 0. The Morgan fingerprint density at radius 1 is 1.56 bits per heavy atom. The van der Waals surface area contributed by atoms with Crippen LogP contribution in [0.4, 0.5) is 0 Å². The van der Waals surface area contributed by atoms with Gasteiger partial charge in [0.25, 0.3) is 0 Å². The number of thioether (sulfide) groups is 1. The molecule has 2 rings (SSSR count). The fourth-order valence-corrected chi connectivity index (χ4v) is 2.15. The highest BCUT2D eigenvalue weighted by atomic mass is 32.2. The van der Waals surface area contributed by atoms with Crippen molar-refractivity contribution in [3.8, 4) is 0 Å². The molecule has 1 aliphatic carbocycles. The molecule has 0 saturated heterocycles. The van der Waals surface area contributed by atoms with Crippen LogP contribution < -0.4 is 0 Å². The van der Waals surface area contributed by atoms with Crippen LogP contribution in [0.2, 0.25) is 0 Å². The first-order valence-electron chi connectivity index (χ1n) is 3.33. The quantitative estimate of drug-likeness (QED) is 0.501. The molecule has 0 aromatic carbocycles. The predicted octanol–water partition coefficient (Wildman–Crippen LogP) is 2.20. The maximum absolute atomic E-state index is 4.37. The molecule has 1 aliphatic heterocycles. The monoisotopic (exact) mass is 139 g/mol. The summed E-state index contributed by atoms with van der Waals surface area (Å²) in [6.07, 6.45) is 6.11. The van der Waals surface area contributed by atoms with Crippen LogP contribution in [-0.2, 0) is 0 Å². The molecule has 1 heterocycles. The van der Waals surface area contributed by atoms with Gasteiger partial charge in [-0.25, -0.2) is 0 Å². The molecule has 0 saturated carbocycles. The van der Waals surface area contributed by atoms with E-state index < -0.39 is 0 Å². The van der Waals surface area contributed by atoms with Crippen molar-refractivity contribution in [2.75, 3.05) is 5.88 Å². The van der Waals surface area contributed by atoms with Crippen LogP contribution in [-0.4, -0.2) is 11.6 Å². The van der Waals surface area contributed by atoms with Crippen LogP contribution in [0.15, 0.2) is 16.0 Å². The van der Waals surface area contributed by atoms with E-state index in [1.54, 1.807) is 0 Å². The van der Waals surface area contributed by atoms with E-state index in [0.29, 0.717) is 0 Å². The van der Waals surface area contributed by atoms with Gasteiger partial charge in [-0.15, -0.1) is 11.8 Å². The number of rotatable bonds is 0. The zero-order valence-electron chi connectivity index (χ0n) is 5.26.